The van der Waals surface area contributed by atoms with Gasteiger partial charge >= 0.3 is 5.97 Å². The molecule has 0 radical (unpaired) electrons. The number of phenolic OH excluding ortho intramolecular Hbond substituents is 1. The molecule has 0 saturated carbocycles. The van der Waals surface area contributed by atoms with E-state index in [1.807, 2.05) is 0 Å². The summed E-state index contributed by atoms with van der Waals surface area (Å²) in [5.74, 6) is -0.932. The van der Waals surface area contributed by atoms with Gasteiger partial charge in [-0.2, -0.15) is 0 Å². The summed E-state index contributed by atoms with van der Waals surface area (Å²) in [5, 5.41) is 18.1. The van der Waals surface area contributed by atoms with Gasteiger partial charge in [-0.25, -0.2) is 0 Å². The predicted octanol–water partition coefficient (Wildman–Crippen LogP) is 1.86. The smallest absolute Gasteiger partial charge is 0.305 e. The van der Waals surface area contributed by atoms with Crippen molar-refractivity contribution >= 4 is 11.9 Å². The highest BCUT2D eigenvalue weighted by atomic mass is 16.4. The number of carbonyl (C=O) groups is 2. The van der Waals surface area contributed by atoms with Gasteiger partial charge in [-0.1, -0.05) is 0 Å². The van der Waals surface area contributed by atoms with Crippen LogP contribution < -0.4 is 0 Å². The molecular formula is C14H17NO4. The van der Waals surface area contributed by atoms with E-state index in [0.29, 0.717) is 12.1 Å². The third-order valence-electron chi connectivity index (χ3n) is 3.41. The standard InChI is InChI=1S/C14H17NO4/c16-12-6-4-10(5-7-12)14(19)15-8-2-1-3-11(15)9-13(17)18/h4-7,11,16H,1-3,8-9H2,(H,17,18). The Morgan fingerprint density at radius 3 is 2.53 bits per heavy atom. The molecule has 0 aromatic heterocycles. The number of nitrogens with zero attached hydrogens (tertiary/aromatic N) is 1. The maximum absolute atomic E-state index is 12.4. The number of rotatable bonds is 3. The molecule has 5 nitrogen and oxygen atoms in total. The molecule has 1 aromatic rings. The van der Waals surface area contributed by atoms with Crippen LogP contribution in [0.3, 0.4) is 0 Å². The molecule has 1 fully saturated rings. The molecule has 5 heteroatoms. The maximum Gasteiger partial charge on any atom is 0.305 e. The van der Waals surface area contributed by atoms with Crippen LogP contribution in [0.4, 0.5) is 0 Å². The molecule has 1 aliphatic heterocycles. The summed E-state index contributed by atoms with van der Waals surface area (Å²) in [6.45, 7) is 0.595. The zero-order chi connectivity index (χ0) is 13.8. The number of aromatic hydroxyl groups is 1. The fourth-order valence-corrected chi connectivity index (χ4v) is 2.45. The summed E-state index contributed by atoms with van der Waals surface area (Å²) in [6.07, 6.45) is 2.58. The third kappa shape index (κ3) is 3.24. The van der Waals surface area contributed by atoms with Crippen molar-refractivity contribution in [1.82, 2.24) is 4.90 Å². The molecule has 1 aliphatic rings. The first-order chi connectivity index (χ1) is 9.08. The molecule has 0 spiro atoms. The van der Waals surface area contributed by atoms with Crippen LogP contribution in [0, 0.1) is 0 Å². The summed E-state index contributed by atoms with van der Waals surface area (Å²) in [7, 11) is 0. The molecule has 1 unspecified atom stereocenters. The van der Waals surface area contributed by atoms with E-state index in [1.165, 1.54) is 12.1 Å². The fourth-order valence-electron chi connectivity index (χ4n) is 2.45. The van der Waals surface area contributed by atoms with Gasteiger partial charge in [-0.05, 0) is 43.5 Å². The Morgan fingerprint density at radius 1 is 1.21 bits per heavy atom. The molecule has 2 N–H and O–H groups in total. The van der Waals surface area contributed by atoms with Crippen LogP contribution in [0.5, 0.6) is 5.75 Å². The number of piperidine rings is 1. The van der Waals surface area contributed by atoms with E-state index in [2.05, 4.69) is 0 Å². The lowest BCUT2D eigenvalue weighted by molar-refractivity contribution is -0.138. The van der Waals surface area contributed by atoms with E-state index < -0.39 is 5.97 Å². The van der Waals surface area contributed by atoms with Crippen molar-refractivity contribution in [3.05, 3.63) is 29.8 Å². The van der Waals surface area contributed by atoms with Gasteiger partial charge in [0.2, 0.25) is 0 Å². The van der Waals surface area contributed by atoms with Crippen LogP contribution >= 0.6 is 0 Å². The number of carboxylic acids is 1. The molecule has 0 bridgehead atoms. The molecule has 102 valence electrons. The molecule has 2 rings (SSSR count). The van der Waals surface area contributed by atoms with E-state index in [4.69, 9.17) is 5.11 Å². The second kappa shape index (κ2) is 5.73. The summed E-state index contributed by atoms with van der Waals surface area (Å²) in [4.78, 5) is 24.8. The van der Waals surface area contributed by atoms with Crippen molar-refractivity contribution < 1.29 is 19.8 Å². The van der Waals surface area contributed by atoms with Gasteiger partial charge in [0, 0.05) is 18.2 Å². The van der Waals surface area contributed by atoms with Crippen LogP contribution in [-0.2, 0) is 4.79 Å². The summed E-state index contributed by atoms with van der Waals surface area (Å²) in [5.41, 5.74) is 0.482. The largest absolute Gasteiger partial charge is 0.508 e. The lowest BCUT2D eigenvalue weighted by Gasteiger charge is -2.35. The van der Waals surface area contributed by atoms with Crippen molar-refractivity contribution in [3.8, 4) is 5.75 Å². The van der Waals surface area contributed by atoms with Crippen molar-refractivity contribution in [1.29, 1.82) is 0 Å². The second-order valence-corrected chi connectivity index (χ2v) is 4.79. The Balaban J connectivity index is 2.15. The number of aliphatic carboxylic acids is 1. The number of amides is 1. The van der Waals surface area contributed by atoms with Gasteiger partial charge in [0.25, 0.3) is 5.91 Å². The Labute approximate surface area is 111 Å². The van der Waals surface area contributed by atoms with Crippen molar-refractivity contribution in [2.24, 2.45) is 0 Å². The van der Waals surface area contributed by atoms with Gasteiger partial charge in [0.1, 0.15) is 5.75 Å². The summed E-state index contributed by atoms with van der Waals surface area (Å²) >= 11 is 0. The van der Waals surface area contributed by atoms with Gasteiger partial charge < -0.3 is 15.1 Å². The third-order valence-corrected chi connectivity index (χ3v) is 3.41. The monoisotopic (exact) mass is 263 g/mol. The lowest BCUT2D eigenvalue weighted by Crippen LogP contribution is -2.44. The van der Waals surface area contributed by atoms with Gasteiger partial charge in [0.15, 0.2) is 0 Å². The normalized spacial score (nSPS) is 19.2. The highest BCUT2D eigenvalue weighted by molar-refractivity contribution is 5.94. The number of phenols is 1. The molecule has 1 amide bonds. The van der Waals surface area contributed by atoms with Crippen LogP contribution in [0.1, 0.15) is 36.0 Å². The molecule has 1 aromatic carbocycles. The molecule has 0 aliphatic carbocycles. The van der Waals surface area contributed by atoms with Crippen LogP contribution in [0.15, 0.2) is 24.3 Å². The quantitative estimate of drug-likeness (QED) is 0.872. The fraction of sp³-hybridized carbons (Fsp3) is 0.429. The first-order valence-electron chi connectivity index (χ1n) is 6.39. The zero-order valence-electron chi connectivity index (χ0n) is 10.6. The Kier molecular flexibility index (Phi) is 4.04. The molecule has 1 heterocycles. The van der Waals surface area contributed by atoms with E-state index >= 15 is 0 Å². The molecule has 19 heavy (non-hydrogen) atoms. The van der Waals surface area contributed by atoms with Gasteiger partial charge in [0.05, 0.1) is 6.42 Å². The average molecular weight is 263 g/mol. The number of carboxylic acid groups (broad SMARTS) is 1. The van der Waals surface area contributed by atoms with E-state index in [-0.39, 0.29) is 24.1 Å². The van der Waals surface area contributed by atoms with E-state index in [9.17, 15) is 14.7 Å². The topological polar surface area (TPSA) is 77.8 Å². The lowest BCUT2D eigenvalue weighted by atomic mass is 9.98. The number of benzene rings is 1. The number of hydrogen-bond donors (Lipinski definition) is 2. The van der Waals surface area contributed by atoms with Gasteiger partial charge in [-0.15, -0.1) is 0 Å². The second-order valence-electron chi connectivity index (χ2n) is 4.79. The minimum absolute atomic E-state index is 0.0101. The van der Waals surface area contributed by atoms with Crippen molar-refractivity contribution in [2.75, 3.05) is 6.54 Å². The zero-order valence-corrected chi connectivity index (χ0v) is 10.6. The minimum atomic E-state index is -0.879. The van der Waals surface area contributed by atoms with Gasteiger partial charge in [-0.3, -0.25) is 9.59 Å². The summed E-state index contributed by atoms with van der Waals surface area (Å²) < 4.78 is 0. The van der Waals surface area contributed by atoms with Crippen molar-refractivity contribution in [3.63, 3.8) is 0 Å². The highest BCUT2D eigenvalue weighted by Crippen LogP contribution is 2.22. The predicted molar refractivity (Wildman–Crippen MR) is 69.0 cm³/mol. The Morgan fingerprint density at radius 2 is 1.89 bits per heavy atom. The molecule has 1 saturated heterocycles. The maximum atomic E-state index is 12.4. The molecular weight excluding hydrogens is 246 g/mol. The van der Waals surface area contributed by atoms with Crippen LogP contribution in [-0.4, -0.2) is 39.6 Å². The molecule has 1 atom stereocenters. The van der Waals surface area contributed by atoms with Crippen LogP contribution in [0.25, 0.3) is 0 Å². The summed E-state index contributed by atoms with van der Waals surface area (Å²) in [6, 6.07) is 5.81. The number of carbonyl (C=O) groups excluding carboxylic acids is 1. The first-order valence-corrected chi connectivity index (χ1v) is 6.39. The van der Waals surface area contributed by atoms with E-state index in [0.717, 1.165) is 19.3 Å². The minimum Gasteiger partial charge on any atom is -0.508 e. The van der Waals surface area contributed by atoms with E-state index in [1.54, 1.807) is 17.0 Å². The number of hydrogen-bond acceptors (Lipinski definition) is 3. The average Bonchev–Trinajstić information content (AvgIpc) is 2.39. The first kappa shape index (κ1) is 13.4. The SMILES string of the molecule is O=C(O)CC1CCCCN1C(=O)c1ccc(O)cc1. The van der Waals surface area contributed by atoms with Crippen LogP contribution in [0.2, 0.25) is 0 Å². The highest BCUT2D eigenvalue weighted by Gasteiger charge is 2.28. The Bertz CT molecular complexity index is 469. The number of likely N-dealkylation sites (tertiary alicyclic amines) is 1. The van der Waals surface area contributed by atoms with Crippen molar-refractivity contribution in [2.45, 2.75) is 31.7 Å². The Hall–Kier alpha value is -2.04.